The highest BCUT2D eigenvalue weighted by Gasteiger charge is 2.01. The van der Waals surface area contributed by atoms with Gasteiger partial charge in [-0.05, 0) is 48.4 Å². The smallest absolute Gasteiger partial charge is 0.220 e. The molecule has 2 aromatic rings. The van der Waals surface area contributed by atoms with Crippen molar-refractivity contribution in [3.05, 3.63) is 65.2 Å². The summed E-state index contributed by atoms with van der Waals surface area (Å²) in [5.41, 5.74) is 1.25. The summed E-state index contributed by atoms with van der Waals surface area (Å²) in [6.07, 6.45) is 2.34. The van der Waals surface area contributed by atoms with Crippen molar-refractivity contribution >= 4 is 29.3 Å². The number of thioether (sulfide) groups is 1. The molecule has 0 atom stereocenters. The van der Waals surface area contributed by atoms with Gasteiger partial charge < -0.3 is 5.32 Å². The van der Waals surface area contributed by atoms with Crippen molar-refractivity contribution < 1.29 is 4.79 Å². The molecular weight excluding hydrogens is 314 g/mol. The van der Waals surface area contributed by atoms with Gasteiger partial charge in [0, 0.05) is 22.9 Å². The molecule has 2 nitrogen and oxygen atoms in total. The first-order chi connectivity index (χ1) is 10.7. The number of hydrogen-bond donors (Lipinski definition) is 1. The fraction of sp³-hybridized carbons (Fsp3) is 0.278. The number of benzene rings is 2. The van der Waals surface area contributed by atoms with Crippen molar-refractivity contribution in [1.82, 2.24) is 5.32 Å². The van der Waals surface area contributed by atoms with Gasteiger partial charge in [-0.1, -0.05) is 41.9 Å². The van der Waals surface area contributed by atoms with E-state index >= 15 is 0 Å². The van der Waals surface area contributed by atoms with E-state index in [9.17, 15) is 4.79 Å². The molecule has 0 aliphatic carbocycles. The lowest BCUT2D eigenvalue weighted by Gasteiger charge is -2.05. The Kier molecular flexibility index (Phi) is 7.34. The highest BCUT2D eigenvalue weighted by Crippen LogP contribution is 2.21. The van der Waals surface area contributed by atoms with Gasteiger partial charge in [0.1, 0.15) is 0 Å². The van der Waals surface area contributed by atoms with Gasteiger partial charge in [0.2, 0.25) is 5.91 Å². The van der Waals surface area contributed by atoms with Crippen LogP contribution in [0.1, 0.15) is 18.4 Å². The molecule has 2 aromatic carbocycles. The van der Waals surface area contributed by atoms with E-state index < -0.39 is 0 Å². The highest BCUT2D eigenvalue weighted by molar-refractivity contribution is 7.99. The highest BCUT2D eigenvalue weighted by atomic mass is 35.5. The molecule has 0 saturated heterocycles. The second-order valence-corrected chi connectivity index (χ2v) is 6.60. The van der Waals surface area contributed by atoms with Crippen LogP contribution in [0.4, 0.5) is 0 Å². The summed E-state index contributed by atoms with van der Waals surface area (Å²) >= 11 is 7.60. The first kappa shape index (κ1) is 16.9. The Morgan fingerprint density at radius 2 is 1.77 bits per heavy atom. The van der Waals surface area contributed by atoms with Crippen molar-refractivity contribution in [2.24, 2.45) is 0 Å². The molecule has 0 saturated carbocycles. The first-order valence-electron chi connectivity index (χ1n) is 7.43. The largest absolute Gasteiger partial charge is 0.356 e. The lowest BCUT2D eigenvalue weighted by Crippen LogP contribution is -2.25. The molecular formula is C18H20ClNOS. The van der Waals surface area contributed by atoms with Crippen LogP contribution in [0.5, 0.6) is 0 Å². The van der Waals surface area contributed by atoms with Crippen molar-refractivity contribution in [2.45, 2.75) is 24.2 Å². The molecule has 4 heteroatoms. The normalized spacial score (nSPS) is 10.4. The number of halogens is 1. The predicted octanol–water partition coefficient (Wildman–Crippen LogP) is 4.57. The minimum Gasteiger partial charge on any atom is -0.356 e. The maximum atomic E-state index is 11.8. The molecule has 1 N–H and O–H groups in total. The third-order valence-electron chi connectivity index (χ3n) is 3.21. The lowest BCUT2D eigenvalue weighted by molar-refractivity contribution is -0.121. The van der Waals surface area contributed by atoms with Gasteiger partial charge in [0.15, 0.2) is 0 Å². The van der Waals surface area contributed by atoms with E-state index in [2.05, 4.69) is 17.4 Å². The van der Waals surface area contributed by atoms with E-state index in [1.165, 1.54) is 10.5 Å². The Morgan fingerprint density at radius 1 is 1.05 bits per heavy atom. The molecule has 0 bridgehead atoms. The zero-order valence-corrected chi connectivity index (χ0v) is 14.0. The number of carbonyl (C=O) groups excluding carboxylic acids is 1. The Balaban J connectivity index is 1.55. The molecule has 0 aliphatic rings. The standard InChI is InChI=1S/C18H20ClNOS/c19-16-8-10-17(11-9-16)22-14-4-7-18(21)20-13-12-15-5-2-1-3-6-15/h1-3,5-6,8-11H,4,7,12-14H2,(H,20,21). The Bertz CT molecular complexity index is 571. The van der Waals surface area contributed by atoms with Gasteiger partial charge in [-0.15, -0.1) is 11.8 Å². The zero-order valence-electron chi connectivity index (χ0n) is 12.4. The van der Waals surface area contributed by atoms with Crippen LogP contribution in [-0.2, 0) is 11.2 Å². The first-order valence-corrected chi connectivity index (χ1v) is 8.79. The van der Waals surface area contributed by atoms with Crippen molar-refractivity contribution in [2.75, 3.05) is 12.3 Å². The van der Waals surface area contributed by atoms with Crippen LogP contribution in [0, 0.1) is 0 Å². The third kappa shape index (κ3) is 6.54. The maximum absolute atomic E-state index is 11.8. The third-order valence-corrected chi connectivity index (χ3v) is 4.56. The average Bonchev–Trinajstić information content (AvgIpc) is 2.54. The molecule has 0 fully saturated rings. The average molecular weight is 334 g/mol. The summed E-state index contributed by atoms with van der Waals surface area (Å²) in [6, 6.07) is 18.0. The van der Waals surface area contributed by atoms with Crippen LogP contribution >= 0.6 is 23.4 Å². The molecule has 1 amide bonds. The fourth-order valence-corrected chi connectivity index (χ4v) is 3.01. The van der Waals surface area contributed by atoms with Crippen LogP contribution < -0.4 is 5.32 Å². The Labute approximate surface area is 141 Å². The molecule has 116 valence electrons. The molecule has 0 spiro atoms. The molecule has 0 unspecified atom stereocenters. The van der Waals surface area contributed by atoms with E-state index in [1.54, 1.807) is 11.8 Å². The van der Waals surface area contributed by atoms with E-state index in [-0.39, 0.29) is 5.91 Å². The summed E-state index contributed by atoms with van der Waals surface area (Å²) < 4.78 is 0. The quantitative estimate of drug-likeness (QED) is 0.566. The summed E-state index contributed by atoms with van der Waals surface area (Å²) in [5.74, 6) is 1.07. The zero-order chi connectivity index (χ0) is 15.6. The van der Waals surface area contributed by atoms with E-state index in [1.807, 2.05) is 42.5 Å². The van der Waals surface area contributed by atoms with Crippen LogP contribution in [-0.4, -0.2) is 18.2 Å². The summed E-state index contributed by atoms with van der Waals surface area (Å²) in [7, 11) is 0. The van der Waals surface area contributed by atoms with Crippen LogP contribution in [0.25, 0.3) is 0 Å². The summed E-state index contributed by atoms with van der Waals surface area (Å²) in [5, 5.41) is 3.72. The van der Waals surface area contributed by atoms with Crippen LogP contribution in [0.15, 0.2) is 59.5 Å². The second-order valence-electron chi connectivity index (χ2n) is 4.99. The van der Waals surface area contributed by atoms with E-state index in [4.69, 9.17) is 11.6 Å². The Morgan fingerprint density at radius 3 is 2.50 bits per heavy atom. The number of nitrogens with one attached hydrogen (secondary N) is 1. The second kappa shape index (κ2) is 9.54. The summed E-state index contributed by atoms with van der Waals surface area (Å²) in [6.45, 7) is 0.702. The van der Waals surface area contributed by atoms with Gasteiger partial charge in [0.05, 0.1) is 0 Å². The monoisotopic (exact) mass is 333 g/mol. The van der Waals surface area contributed by atoms with Gasteiger partial charge in [0.25, 0.3) is 0 Å². The summed E-state index contributed by atoms with van der Waals surface area (Å²) in [4.78, 5) is 12.9. The van der Waals surface area contributed by atoms with Crippen molar-refractivity contribution in [1.29, 1.82) is 0 Å². The Hall–Kier alpha value is -1.45. The van der Waals surface area contributed by atoms with Gasteiger partial charge in [-0.2, -0.15) is 0 Å². The van der Waals surface area contributed by atoms with Gasteiger partial charge in [-0.25, -0.2) is 0 Å². The fourth-order valence-electron chi connectivity index (χ4n) is 2.03. The molecule has 22 heavy (non-hydrogen) atoms. The molecule has 0 heterocycles. The number of hydrogen-bond acceptors (Lipinski definition) is 2. The van der Waals surface area contributed by atoms with Crippen LogP contribution in [0.3, 0.4) is 0 Å². The van der Waals surface area contributed by atoms with Crippen molar-refractivity contribution in [3.63, 3.8) is 0 Å². The van der Waals surface area contributed by atoms with E-state index in [0.717, 1.165) is 23.6 Å². The van der Waals surface area contributed by atoms with E-state index in [0.29, 0.717) is 13.0 Å². The van der Waals surface area contributed by atoms with Crippen LogP contribution in [0.2, 0.25) is 5.02 Å². The SMILES string of the molecule is O=C(CCCSc1ccc(Cl)cc1)NCCc1ccccc1. The molecule has 0 aromatic heterocycles. The van der Waals surface area contributed by atoms with Gasteiger partial charge >= 0.3 is 0 Å². The van der Waals surface area contributed by atoms with Crippen molar-refractivity contribution in [3.8, 4) is 0 Å². The number of carbonyl (C=O) groups is 1. The molecule has 0 aliphatic heterocycles. The van der Waals surface area contributed by atoms with Gasteiger partial charge in [-0.3, -0.25) is 4.79 Å². The predicted molar refractivity (Wildman–Crippen MR) is 94.6 cm³/mol. The maximum Gasteiger partial charge on any atom is 0.220 e. The topological polar surface area (TPSA) is 29.1 Å². The lowest BCUT2D eigenvalue weighted by atomic mass is 10.1. The molecule has 0 radical (unpaired) electrons. The number of rotatable bonds is 8. The minimum absolute atomic E-state index is 0.132. The minimum atomic E-state index is 0.132. The number of amides is 1. The molecule has 2 rings (SSSR count).